The van der Waals surface area contributed by atoms with Crippen molar-refractivity contribution in [2.24, 2.45) is 0 Å². The lowest BCUT2D eigenvalue weighted by Crippen LogP contribution is -2.02. The minimum atomic E-state index is -0.775. The molecule has 3 aromatic heterocycles. The Hall–Kier alpha value is -6.85. The van der Waals surface area contributed by atoms with Crippen LogP contribution in [-0.4, -0.2) is 19.5 Å². The van der Waals surface area contributed by atoms with Gasteiger partial charge in [-0.05, 0) is 36.3 Å². The molecule has 7 aromatic carbocycles. The molecule has 0 N–H and O–H groups in total. The van der Waals surface area contributed by atoms with Gasteiger partial charge in [0, 0.05) is 49.4 Å². The Morgan fingerprint density at radius 2 is 1.04 bits per heavy atom. The third kappa shape index (κ3) is 4.52. The molecule has 0 saturated carbocycles. The molecule has 0 aliphatic heterocycles. The first-order valence-electron chi connectivity index (χ1n) is 23.4. The lowest BCUT2D eigenvalue weighted by molar-refractivity contribution is 0.670. The van der Waals surface area contributed by atoms with E-state index in [1.807, 2.05) is 0 Å². The minimum absolute atomic E-state index is 0.120. The highest BCUT2D eigenvalue weighted by Gasteiger charge is 2.21. The Balaban J connectivity index is 1.47. The van der Waals surface area contributed by atoms with Crippen LogP contribution in [0.2, 0.25) is 0 Å². The predicted molar refractivity (Wildman–Crippen MR) is 203 cm³/mol. The average molecular weight is 657 g/mol. The fourth-order valence-electron chi connectivity index (χ4n) is 6.02. The number of hydrogen-bond acceptors (Lipinski definition) is 4. The summed E-state index contributed by atoms with van der Waals surface area (Å²) in [4.78, 5) is 14.2. The van der Waals surface area contributed by atoms with E-state index in [0.29, 0.717) is 11.1 Å². The number of nitrogens with zero attached hydrogens (tertiary/aromatic N) is 4. The Kier molecular flexibility index (Phi) is 3.76. The van der Waals surface area contributed by atoms with Gasteiger partial charge in [-0.3, -0.25) is 0 Å². The number of fused-ring (bicyclic) bond motifs is 6. The molecule has 0 fully saturated rings. The summed E-state index contributed by atoms with van der Waals surface area (Å²) in [5, 5.41) is -1.06. The summed E-state index contributed by atoms with van der Waals surface area (Å²) in [6.07, 6.45) is 0. The Morgan fingerprint density at radius 3 is 1.70 bits per heavy atom. The maximum absolute atomic E-state index is 10.2. The highest BCUT2D eigenvalue weighted by molar-refractivity contribution is 6.12. The molecule has 0 aliphatic carbocycles. The predicted octanol–water partition coefficient (Wildman–Crippen LogP) is 11.5. The second-order valence-corrected chi connectivity index (χ2v) is 11.2. The average Bonchev–Trinajstić information content (AvgIpc) is 3.89. The van der Waals surface area contributed by atoms with E-state index in [2.05, 4.69) is 0 Å². The van der Waals surface area contributed by atoms with Crippen LogP contribution in [0, 0.1) is 0 Å². The standard InChI is InChI=1S/C45H28N4O/c1-3-14-29(15-4-1)43-46-44(30-16-5-2-6-17-30)48-45(47-43)31-26-27-40(49-38-23-10-7-18-32(38)33-19-8-11-24-39(33)49)37(28-31)36-22-13-21-35-34-20-9-12-25-41(34)50-42(35)36/h1-28H/i7D,8D,9D,12D,13D,18D,19D,20D,21D,22D,23D,24D,25D,26D,27D,28D. The highest BCUT2D eigenvalue weighted by atomic mass is 16.3. The summed E-state index contributed by atoms with van der Waals surface area (Å²) >= 11 is 0. The van der Waals surface area contributed by atoms with E-state index in [1.165, 1.54) is 0 Å². The molecule has 0 spiro atoms. The summed E-state index contributed by atoms with van der Waals surface area (Å²) in [7, 11) is 0. The van der Waals surface area contributed by atoms with Crippen LogP contribution in [0.1, 0.15) is 21.9 Å². The van der Waals surface area contributed by atoms with Gasteiger partial charge in [-0.2, -0.15) is 0 Å². The van der Waals surface area contributed by atoms with Gasteiger partial charge in [0.25, 0.3) is 0 Å². The van der Waals surface area contributed by atoms with Crippen molar-refractivity contribution in [3.8, 4) is 51.0 Å². The van der Waals surface area contributed by atoms with Crippen LogP contribution in [0.5, 0.6) is 0 Å². The number of furan rings is 1. The number of aromatic nitrogens is 4. The summed E-state index contributed by atoms with van der Waals surface area (Å²) in [5.74, 6) is -0.0385. The van der Waals surface area contributed by atoms with Gasteiger partial charge in [-0.25, -0.2) is 15.0 Å². The third-order valence-corrected chi connectivity index (χ3v) is 8.25. The fourth-order valence-corrected chi connectivity index (χ4v) is 6.02. The molecule has 0 bridgehead atoms. The molecule has 5 heteroatoms. The topological polar surface area (TPSA) is 56.7 Å². The number of rotatable bonds is 5. The normalized spacial score (nSPS) is 16.1. The first-order chi connectivity index (χ1) is 31.4. The second kappa shape index (κ2) is 11.4. The molecular weight excluding hydrogens is 613 g/mol. The molecule has 3 heterocycles. The van der Waals surface area contributed by atoms with Crippen molar-refractivity contribution in [3.05, 3.63) is 169 Å². The van der Waals surface area contributed by atoms with Crippen molar-refractivity contribution in [2.45, 2.75) is 0 Å². The molecule has 0 radical (unpaired) electrons. The van der Waals surface area contributed by atoms with Gasteiger partial charge in [0.05, 0.1) is 38.7 Å². The molecule has 0 aliphatic rings. The molecule has 5 nitrogen and oxygen atoms in total. The van der Waals surface area contributed by atoms with Gasteiger partial charge in [0.1, 0.15) is 11.2 Å². The van der Waals surface area contributed by atoms with Crippen molar-refractivity contribution in [3.63, 3.8) is 0 Å². The number of hydrogen-bond donors (Lipinski definition) is 0. The zero-order valence-corrected chi connectivity index (χ0v) is 25.6. The van der Waals surface area contributed by atoms with Gasteiger partial charge in [0.15, 0.2) is 17.5 Å². The van der Waals surface area contributed by atoms with E-state index in [4.69, 9.17) is 33.1 Å². The van der Waals surface area contributed by atoms with Crippen LogP contribution < -0.4 is 0 Å². The third-order valence-electron chi connectivity index (χ3n) is 8.25. The Labute approximate surface area is 310 Å². The van der Waals surface area contributed by atoms with Crippen LogP contribution in [0.25, 0.3) is 94.7 Å². The van der Waals surface area contributed by atoms with Gasteiger partial charge < -0.3 is 8.98 Å². The maximum Gasteiger partial charge on any atom is 0.164 e. The minimum Gasteiger partial charge on any atom is -0.455 e. The Bertz CT molecular complexity index is 3650. The lowest BCUT2D eigenvalue weighted by Gasteiger charge is -2.16. The van der Waals surface area contributed by atoms with Crippen molar-refractivity contribution in [2.75, 3.05) is 0 Å². The second-order valence-electron chi connectivity index (χ2n) is 11.2. The molecule has 234 valence electrons. The summed E-state index contributed by atoms with van der Waals surface area (Å²) in [6.45, 7) is 0. The largest absolute Gasteiger partial charge is 0.455 e. The van der Waals surface area contributed by atoms with Gasteiger partial charge >= 0.3 is 0 Å². The van der Waals surface area contributed by atoms with E-state index >= 15 is 0 Å². The lowest BCUT2D eigenvalue weighted by atomic mass is 9.98. The number of benzene rings is 7. The van der Waals surface area contributed by atoms with E-state index in [1.54, 1.807) is 60.7 Å². The highest BCUT2D eigenvalue weighted by Crippen LogP contribution is 2.42. The SMILES string of the molecule is [2H]c1cc([2H])c2c(c1[2H])c1c([2H])c([2H])cc([2H])c1n2-c1c([2H])c([2H])c(-c2nc(-c3ccccc3)nc(-c3ccccc3)n2)c([2H])c1-c1c([2H])c([2H])c([2H])c2c1oc1c([2H])c([2H])c([2H])c([2H])c12. The molecule has 0 saturated heterocycles. The molecular formula is C45H28N4O. The van der Waals surface area contributed by atoms with Crippen molar-refractivity contribution < 1.29 is 26.3 Å². The van der Waals surface area contributed by atoms with E-state index in [9.17, 15) is 8.22 Å². The summed E-state index contributed by atoms with van der Waals surface area (Å²) in [6, 6.07) is 9.96. The first-order valence-corrected chi connectivity index (χ1v) is 15.4. The smallest absolute Gasteiger partial charge is 0.164 e. The van der Waals surface area contributed by atoms with E-state index in [0.717, 1.165) is 16.7 Å². The van der Waals surface area contributed by atoms with Crippen LogP contribution in [-0.2, 0) is 0 Å². The molecule has 10 rings (SSSR count). The van der Waals surface area contributed by atoms with E-state index < -0.39 is 130 Å². The molecule has 10 aromatic rings. The van der Waals surface area contributed by atoms with Crippen molar-refractivity contribution in [1.29, 1.82) is 0 Å². The van der Waals surface area contributed by atoms with Crippen LogP contribution >= 0.6 is 0 Å². The van der Waals surface area contributed by atoms with Crippen molar-refractivity contribution >= 4 is 43.7 Å². The summed E-state index contributed by atoms with van der Waals surface area (Å²) in [5.41, 5.74) is -2.25. The fraction of sp³-hybridized carbons (Fsp3) is 0. The zero-order valence-electron chi connectivity index (χ0n) is 41.6. The van der Waals surface area contributed by atoms with Crippen LogP contribution in [0.3, 0.4) is 0 Å². The molecule has 50 heavy (non-hydrogen) atoms. The summed E-state index contributed by atoms with van der Waals surface area (Å²) < 4.78 is 153. The Morgan fingerprint density at radius 1 is 0.460 bits per heavy atom. The first kappa shape index (κ1) is 16.5. The van der Waals surface area contributed by atoms with Gasteiger partial charge in [-0.1, -0.05) is 133 Å². The molecule has 0 unspecified atom stereocenters. The number of para-hydroxylation sites is 4. The van der Waals surface area contributed by atoms with Crippen molar-refractivity contribution in [1.82, 2.24) is 19.5 Å². The molecule has 0 atom stereocenters. The van der Waals surface area contributed by atoms with E-state index in [-0.39, 0.29) is 50.1 Å². The zero-order chi connectivity index (χ0) is 46.9. The quantitative estimate of drug-likeness (QED) is 0.185. The molecule has 0 amide bonds. The maximum atomic E-state index is 10.2. The van der Waals surface area contributed by atoms with Crippen LogP contribution in [0.15, 0.2) is 174 Å². The van der Waals surface area contributed by atoms with Gasteiger partial charge in [0.2, 0.25) is 0 Å². The van der Waals surface area contributed by atoms with Gasteiger partial charge in [-0.15, -0.1) is 0 Å². The monoisotopic (exact) mass is 656 g/mol. The van der Waals surface area contributed by atoms with Crippen LogP contribution in [0.4, 0.5) is 0 Å².